The maximum Gasteiger partial charge on any atom is 0.257 e. The first-order valence-corrected chi connectivity index (χ1v) is 11.8. The Hall–Kier alpha value is -2.55. The Kier molecular flexibility index (Phi) is 5.02. The summed E-state index contributed by atoms with van der Waals surface area (Å²) in [5, 5.41) is 0. The molecule has 0 saturated heterocycles. The van der Waals surface area contributed by atoms with Gasteiger partial charge in [-0.05, 0) is 35.4 Å². The van der Waals surface area contributed by atoms with Crippen LogP contribution in [0.25, 0.3) is 0 Å². The Morgan fingerprint density at radius 3 is 1.66 bits per heavy atom. The number of hydrogen-bond acceptors (Lipinski definition) is 4. The van der Waals surface area contributed by atoms with Gasteiger partial charge in [0.1, 0.15) is 6.17 Å². The highest BCUT2D eigenvalue weighted by atomic mass is 32.3. The van der Waals surface area contributed by atoms with E-state index in [2.05, 4.69) is 0 Å². The van der Waals surface area contributed by atoms with Crippen LogP contribution in [0.5, 0.6) is 0 Å². The number of hydrogen-bond donors (Lipinski definition) is 0. The second-order valence-corrected chi connectivity index (χ2v) is 10.6. The Balaban J connectivity index is 1.97. The first-order chi connectivity index (χ1) is 13.8. The number of alkyl halides is 1. The fourth-order valence-corrected chi connectivity index (χ4v) is 7.65. The number of benzene rings is 3. The van der Waals surface area contributed by atoms with Gasteiger partial charge in [0.2, 0.25) is 0 Å². The van der Waals surface area contributed by atoms with E-state index in [1.54, 1.807) is 36.4 Å². The first kappa shape index (κ1) is 19.8. The fourth-order valence-electron chi connectivity index (χ4n) is 3.59. The normalized spacial score (nSPS) is 19.2. The number of rotatable bonds is 5. The van der Waals surface area contributed by atoms with Crippen molar-refractivity contribution in [2.75, 3.05) is 0 Å². The molecule has 2 unspecified atom stereocenters. The molecule has 0 radical (unpaired) electrons. The molecule has 5 nitrogen and oxygen atoms in total. The lowest BCUT2D eigenvalue weighted by Gasteiger charge is -2.29. The molecule has 8 heteroatoms. The summed E-state index contributed by atoms with van der Waals surface area (Å²) in [5.74, 6) is 0. The van der Waals surface area contributed by atoms with Crippen molar-refractivity contribution in [1.82, 2.24) is 3.71 Å². The summed E-state index contributed by atoms with van der Waals surface area (Å²) in [6.45, 7) is 0. The van der Waals surface area contributed by atoms with Crippen LogP contribution in [0.4, 0.5) is 4.39 Å². The summed E-state index contributed by atoms with van der Waals surface area (Å²) < 4.78 is 69.4. The standard InChI is InChI=1S/C21H18FNO4S2/c22-20-15-16-9-7-8-14-19(16)21(20)23(28(24,25)17-10-3-1-4-11-17)29(26,27)18-12-5-2-6-13-18/h1-14,20-21H,15H2. The molecule has 0 heterocycles. The average Bonchev–Trinajstić information content (AvgIpc) is 3.05. The van der Waals surface area contributed by atoms with Gasteiger partial charge in [-0.3, -0.25) is 0 Å². The van der Waals surface area contributed by atoms with Gasteiger partial charge in [0.15, 0.2) is 0 Å². The van der Waals surface area contributed by atoms with E-state index in [0.29, 0.717) is 14.8 Å². The number of nitrogens with zero attached hydrogens (tertiary/aromatic N) is 1. The third-order valence-corrected chi connectivity index (χ3v) is 9.23. The van der Waals surface area contributed by atoms with Gasteiger partial charge in [-0.15, -0.1) is 0 Å². The lowest BCUT2D eigenvalue weighted by Crippen LogP contribution is -2.42. The van der Waals surface area contributed by atoms with Crippen LogP contribution in [0.1, 0.15) is 17.2 Å². The zero-order valence-corrected chi connectivity index (χ0v) is 16.9. The van der Waals surface area contributed by atoms with Gasteiger partial charge in [-0.25, -0.2) is 21.2 Å². The molecule has 4 rings (SSSR count). The van der Waals surface area contributed by atoms with Gasteiger partial charge >= 0.3 is 0 Å². The molecule has 1 aliphatic carbocycles. The Morgan fingerprint density at radius 2 is 1.14 bits per heavy atom. The topological polar surface area (TPSA) is 71.5 Å². The molecule has 0 amide bonds. The lowest BCUT2D eigenvalue weighted by molar-refractivity contribution is 0.245. The summed E-state index contributed by atoms with van der Waals surface area (Å²) in [6, 6.07) is 19.6. The second kappa shape index (κ2) is 7.37. The molecular weight excluding hydrogens is 413 g/mol. The SMILES string of the molecule is O=S(=O)(c1ccccc1)N(C1c2ccccc2CC1F)S(=O)(=O)c1ccccc1. The van der Waals surface area contributed by atoms with Gasteiger partial charge in [0.05, 0.1) is 15.8 Å². The van der Waals surface area contributed by atoms with E-state index in [1.165, 1.54) is 48.5 Å². The predicted molar refractivity (Wildman–Crippen MR) is 107 cm³/mol. The van der Waals surface area contributed by atoms with Gasteiger partial charge in [-0.1, -0.05) is 64.4 Å². The molecule has 0 N–H and O–H groups in total. The molecule has 0 saturated carbocycles. The zero-order chi connectivity index (χ0) is 20.6. The highest BCUT2D eigenvalue weighted by Gasteiger charge is 2.49. The van der Waals surface area contributed by atoms with Crippen molar-refractivity contribution in [2.45, 2.75) is 28.4 Å². The van der Waals surface area contributed by atoms with Crippen molar-refractivity contribution in [2.24, 2.45) is 0 Å². The third-order valence-electron chi connectivity index (χ3n) is 4.91. The predicted octanol–water partition coefficient (Wildman–Crippen LogP) is 3.70. The van der Waals surface area contributed by atoms with Crippen LogP contribution in [0, 0.1) is 0 Å². The maximum absolute atomic E-state index is 15.2. The molecule has 1 aliphatic rings. The zero-order valence-electron chi connectivity index (χ0n) is 15.2. The van der Waals surface area contributed by atoms with E-state index in [9.17, 15) is 16.8 Å². The van der Waals surface area contributed by atoms with Crippen molar-refractivity contribution in [3.8, 4) is 0 Å². The number of sulfonamides is 2. The van der Waals surface area contributed by atoms with Crippen LogP contribution in [0.15, 0.2) is 94.7 Å². The van der Waals surface area contributed by atoms with Crippen LogP contribution in [0.3, 0.4) is 0 Å². The van der Waals surface area contributed by atoms with E-state index in [0.717, 1.165) is 0 Å². The van der Waals surface area contributed by atoms with E-state index >= 15 is 4.39 Å². The minimum absolute atomic E-state index is 0.0496. The van der Waals surface area contributed by atoms with Crippen LogP contribution < -0.4 is 0 Å². The molecule has 0 bridgehead atoms. The molecular formula is C21H18FNO4S2. The Morgan fingerprint density at radius 1 is 0.690 bits per heavy atom. The van der Waals surface area contributed by atoms with E-state index < -0.39 is 32.3 Å². The average molecular weight is 432 g/mol. The van der Waals surface area contributed by atoms with Crippen molar-refractivity contribution >= 4 is 20.0 Å². The molecule has 150 valence electrons. The maximum atomic E-state index is 15.2. The largest absolute Gasteiger partial charge is 0.257 e. The van der Waals surface area contributed by atoms with Crippen molar-refractivity contribution < 1.29 is 21.2 Å². The van der Waals surface area contributed by atoms with Crippen LogP contribution in [-0.4, -0.2) is 26.7 Å². The van der Waals surface area contributed by atoms with E-state index in [1.807, 2.05) is 0 Å². The van der Waals surface area contributed by atoms with Crippen LogP contribution in [0.2, 0.25) is 0 Å². The molecule has 0 aliphatic heterocycles. The highest BCUT2D eigenvalue weighted by Crippen LogP contribution is 2.43. The molecule has 3 aromatic carbocycles. The smallest absolute Gasteiger partial charge is 0.245 e. The first-order valence-electron chi connectivity index (χ1n) is 8.95. The summed E-state index contributed by atoms with van der Waals surface area (Å²) in [5.41, 5.74) is 0.959. The van der Waals surface area contributed by atoms with Crippen LogP contribution in [-0.2, 0) is 26.5 Å². The molecule has 0 fully saturated rings. The Bertz CT molecular complexity index is 1160. The highest BCUT2D eigenvalue weighted by molar-refractivity contribution is 8.04. The summed E-state index contributed by atoms with van der Waals surface area (Å²) in [7, 11) is -9.12. The van der Waals surface area contributed by atoms with Crippen molar-refractivity contribution in [3.63, 3.8) is 0 Å². The van der Waals surface area contributed by atoms with Gasteiger partial charge < -0.3 is 0 Å². The summed E-state index contributed by atoms with van der Waals surface area (Å²) >= 11 is 0. The molecule has 3 aromatic rings. The van der Waals surface area contributed by atoms with Crippen LogP contribution >= 0.6 is 0 Å². The van der Waals surface area contributed by atoms with E-state index in [4.69, 9.17) is 0 Å². The molecule has 0 aromatic heterocycles. The summed E-state index contributed by atoms with van der Waals surface area (Å²) in [6.07, 6.45) is -1.74. The number of halogens is 1. The van der Waals surface area contributed by atoms with E-state index in [-0.39, 0.29) is 16.2 Å². The second-order valence-electron chi connectivity index (χ2n) is 6.73. The molecule has 29 heavy (non-hydrogen) atoms. The lowest BCUT2D eigenvalue weighted by atomic mass is 10.1. The fraction of sp³-hybridized carbons (Fsp3) is 0.143. The van der Waals surface area contributed by atoms with Gasteiger partial charge in [0, 0.05) is 6.42 Å². The minimum Gasteiger partial charge on any atom is -0.245 e. The number of fused-ring (bicyclic) bond motifs is 1. The van der Waals surface area contributed by atoms with Gasteiger partial charge in [0.25, 0.3) is 20.0 Å². The third kappa shape index (κ3) is 3.37. The summed E-state index contributed by atoms with van der Waals surface area (Å²) in [4.78, 5) is -0.424. The van der Waals surface area contributed by atoms with Crippen molar-refractivity contribution in [1.29, 1.82) is 0 Å². The monoisotopic (exact) mass is 431 g/mol. The quantitative estimate of drug-likeness (QED) is 0.618. The minimum atomic E-state index is -4.56. The van der Waals surface area contributed by atoms with Crippen molar-refractivity contribution in [3.05, 3.63) is 96.1 Å². The molecule has 2 atom stereocenters. The van der Waals surface area contributed by atoms with Gasteiger partial charge in [-0.2, -0.15) is 0 Å². The molecule has 0 spiro atoms. The Labute approximate surface area is 169 Å².